The Kier molecular flexibility index (Phi) is 5.73. The van der Waals surface area contributed by atoms with Crippen LogP contribution in [0.3, 0.4) is 0 Å². The summed E-state index contributed by atoms with van der Waals surface area (Å²) in [6.07, 6.45) is 8.55. The van der Waals surface area contributed by atoms with Crippen molar-refractivity contribution in [3.8, 4) is 0 Å². The molecule has 134 valence electrons. The van der Waals surface area contributed by atoms with Gasteiger partial charge in [0, 0.05) is 18.6 Å². The lowest BCUT2D eigenvalue weighted by atomic mass is 9.82. The number of nitrogens with one attached hydrogen (secondary N) is 2. The summed E-state index contributed by atoms with van der Waals surface area (Å²) in [7, 11) is 0. The smallest absolute Gasteiger partial charge is 0.273 e. The van der Waals surface area contributed by atoms with Crippen molar-refractivity contribution in [3.05, 3.63) is 11.9 Å². The van der Waals surface area contributed by atoms with Gasteiger partial charge in [-0.2, -0.15) is 0 Å². The van der Waals surface area contributed by atoms with E-state index in [-0.39, 0.29) is 24.4 Å². The fourth-order valence-corrected chi connectivity index (χ4v) is 4.23. The second-order valence-corrected chi connectivity index (χ2v) is 6.94. The number of nitrogens with zero attached hydrogens (tertiary/aromatic N) is 3. The fourth-order valence-electron chi connectivity index (χ4n) is 4.23. The highest BCUT2D eigenvalue weighted by atomic mass is 35.5. The maximum atomic E-state index is 12.5. The Morgan fingerprint density at radius 1 is 1.25 bits per heavy atom. The number of fused-ring (bicyclic) bond motifs is 1. The highest BCUT2D eigenvalue weighted by molar-refractivity contribution is 5.92. The van der Waals surface area contributed by atoms with Gasteiger partial charge in [0.1, 0.15) is 0 Å². The molecule has 7 nitrogen and oxygen atoms in total. The summed E-state index contributed by atoms with van der Waals surface area (Å²) in [6.45, 7) is 2.82. The van der Waals surface area contributed by atoms with Crippen molar-refractivity contribution in [1.29, 1.82) is 0 Å². The minimum Gasteiger partial charge on any atom is -0.378 e. The average Bonchev–Trinajstić information content (AvgIpc) is 3.25. The van der Waals surface area contributed by atoms with Crippen molar-refractivity contribution < 1.29 is 9.53 Å². The molecule has 3 fully saturated rings. The standard InChI is InChI=1S/C16H25N5O2.ClH/c22-16(18-13-2-1-3-15-12(13)6-9-23-15)14-10-21(20-19-14)11-4-7-17-8-5-11;/h10-13,15,17H,1-9H2,(H,18,22);1H. The normalized spacial score (nSPS) is 30.4. The van der Waals surface area contributed by atoms with Crippen LogP contribution in [0, 0.1) is 5.92 Å². The third-order valence-corrected chi connectivity index (χ3v) is 5.52. The molecule has 2 saturated heterocycles. The SMILES string of the molecule is Cl.O=C(NC1CCCC2OCCC12)c1cn(C2CCNCC2)nn1. The van der Waals surface area contributed by atoms with E-state index in [1.54, 1.807) is 6.20 Å². The van der Waals surface area contributed by atoms with Gasteiger partial charge in [-0.15, -0.1) is 17.5 Å². The first kappa shape index (κ1) is 17.6. The van der Waals surface area contributed by atoms with Gasteiger partial charge in [-0.3, -0.25) is 4.79 Å². The van der Waals surface area contributed by atoms with E-state index in [0.29, 0.717) is 23.8 Å². The van der Waals surface area contributed by atoms with Crippen molar-refractivity contribution in [2.75, 3.05) is 19.7 Å². The summed E-state index contributed by atoms with van der Waals surface area (Å²) < 4.78 is 7.63. The minimum atomic E-state index is -0.0947. The summed E-state index contributed by atoms with van der Waals surface area (Å²) in [4.78, 5) is 12.5. The van der Waals surface area contributed by atoms with Gasteiger partial charge in [-0.05, 0) is 51.6 Å². The van der Waals surface area contributed by atoms with Gasteiger partial charge in [0.25, 0.3) is 5.91 Å². The van der Waals surface area contributed by atoms with E-state index < -0.39 is 0 Å². The van der Waals surface area contributed by atoms with Gasteiger partial charge in [-0.25, -0.2) is 4.68 Å². The molecule has 0 aromatic carbocycles. The predicted molar refractivity (Wildman–Crippen MR) is 91.4 cm³/mol. The van der Waals surface area contributed by atoms with Crippen LogP contribution in [-0.2, 0) is 4.74 Å². The molecule has 1 aromatic rings. The van der Waals surface area contributed by atoms with E-state index in [4.69, 9.17) is 4.74 Å². The van der Waals surface area contributed by atoms with Gasteiger partial charge in [0.15, 0.2) is 5.69 Å². The first-order chi connectivity index (χ1) is 11.3. The summed E-state index contributed by atoms with van der Waals surface area (Å²) in [5, 5.41) is 14.8. The van der Waals surface area contributed by atoms with E-state index in [0.717, 1.165) is 58.2 Å². The second-order valence-electron chi connectivity index (χ2n) is 6.94. The molecule has 0 bridgehead atoms. The third kappa shape index (κ3) is 3.58. The van der Waals surface area contributed by atoms with E-state index in [9.17, 15) is 4.79 Å². The van der Waals surface area contributed by atoms with Crippen LogP contribution in [-0.4, -0.2) is 52.7 Å². The van der Waals surface area contributed by atoms with Gasteiger partial charge in [0.2, 0.25) is 0 Å². The summed E-state index contributed by atoms with van der Waals surface area (Å²) in [5.41, 5.74) is 0.435. The number of carbonyl (C=O) groups excluding carboxylic acids is 1. The quantitative estimate of drug-likeness (QED) is 0.854. The molecule has 1 amide bonds. The van der Waals surface area contributed by atoms with Crippen LogP contribution in [0.2, 0.25) is 0 Å². The zero-order chi connectivity index (χ0) is 15.6. The molecule has 8 heteroatoms. The van der Waals surface area contributed by atoms with E-state index in [1.165, 1.54) is 0 Å². The zero-order valence-corrected chi connectivity index (χ0v) is 14.6. The van der Waals surface area contributed by atoms with Crippen molar-refractivity contribution in [2.24, 2.45) is 5.92 Å². The number of aromatic nitrogens is 3. The Bertz CT molecular complexity index is 560. The highest BCUT2D eigenvalue weighted by Crippen LogP contribution is 2.34. The van der Waals surface area contributed by atoms with Crippen LogP contribution in [0.4, 0.5) is 0 Å². The largest absolute Gasteiger partial charge is 0.378 e. The van der Waals surface area contributed by atoms with Crippen molar-refractivity contribution in [1.82, 2.24) is 25.6 Å². The first-order valence-electron chi connectivity index (χ1n) is 8.86. The monoisotopic (exact) mass is 355 g/mol. The van der Waals surface area contributed by atoms with Crippen LogP contribution < -0.4 is 10.6 Å². The molecule has 3 heterocycles. The number of amides is 1. The molecule has 3 unspecified atom stereocenters. The molecule has 3 atom stereocenters. The van der Waals surface area contributed by atoms with Crippen LogP contribution in [0.15, 0.2) is 6.20 Å². The minimum absolute atomic E-state index is 0. The molecule has 3 aliphatic rings. The van der Waals surface area contributed by atoms with Gasteiger partial charge < -0.3 is 15.4 Å². The Labute approximate surface area is 148 Å². The van der Waals surface area contributed by atoms with Crippen LogP contribution in [0.5, 0.6) is 0 Å². The average molecular weight is 356 g/mol. The number of halogens is 1. The van der Waals surface area contributed by atoms with Gasteiger partial charge >= 0.3 is 0 Å². The number of carbonyl (C=O) groups is 1. The Morgan fingerprint density at radius 3 is 2.92 bits per heavy atom. The Balaban J connectivity index is 0.00000169. The maximum Gasteiger partial charge on any atom is 0.273 e. The molecular weight excluding hydrogens is 330 g/mol. The molecule has 1 aromatic heterocycles. The van der Waals surface area contributed by atoms with E-state index >= 15 is 0 Å². The third-order valence-electron chi connectivity index (χ3n) is 5.52. The van der Waals surface area contributed by atoms with Crippen LogP contribution >= 0.6 is 12.4 Å². The number of piperidine rings is 1. The zero-order valence-electron chi connectivity index (χ0n) is 13.8. The van der Waals surface area contributed by atoms with E-state index in [1.807, 2.05) is 4.68 Å². The number of ether oxygens (including phenoxy) is 1. The maximum absolute atomic E-state index is 12.5. The number of hydrogen-bond acceptors (Lipinski definition) is 5. The van der Waals surface area contributed by atoms with E-state index in [2.05, 4.69) is 20.9 Å². The lowest BCUT2D eigenvalue weighted by Gasteiger charge is -2.32. The second kappa shape index (κ2) is 7.80. The van der Waals surface area contributed by atoms with Crippen LogP contribution in [0.1, 0.15) is 55.1 Å². The van der Waals surface area contributed by atoms with Crippen molar-refractivity contribution in [3.63, 3.8) is 0 Å². The molecule has 24 heavy (non-hydrogen) atoms. The van der Waals surface area contributed by atoms with Crippen LogP contribution in [0.25, 0.3) is 0 Å². The lowest BCUT2D eigenvalue weighted by molar-refractivity contribution is 0.0509. The van der Waals surface area contributed by atoms with Crippen molar-refractivity contribution in [2.45, 2.75) is 56.7 Å². The first-order valence-corrected chi connectivity index (χ1v) is 8.86. The molecule has 2 aliphatic heterocycles. The lowest BCUT2D eigenvalue weighted by Crippen LogP contribution is -2.45. The molecule has 2 N–H and O–H groups in total. The predicted octanol–water partition coefficient (Wildman–Crippen LogP) is 1.31. The number of hydrogen-bond donors (Lipinski definition) is 2. The highest BCUT2D eigenvalue weighted by Gasteiger charge is 2.38. The topological polar surface area (TPSA) is 81.1 Å². The van der Waals surface area contributed by atoms with Gasteiger partial charge in [0.05, 0.1) is 18.3 Å². The molecule has 4 rings (SSSR count). The molecular formula is C16H26ClN5O2. The summed E-state index contributed by atoms with van der Waals surface area (Å²) in [6, 6.07) is 0.570. The Morgan fingerprint density at radius 2 is 2.08 bits per heavy atom. The van der Waals surface area contributed by atoms with Gasteiger partial charge in [-0.1, -0.05) is 5.21 Å². The summed E-state index contributed by atoms with van der Waals surface area (Å²) in [5.74, 6) is 0.370. The Hall–Kier alpha value is -1.18. The molecule has 0 radical (unpaired) electrons. The molecule has 1 saturated carbocycles. The molecule has 1 aliphatic carbocycles. The fraction of sp³-hybridized carbons (Fsp3) is 0.812. The number of rotatable bonds is 3. The van der Waals surface area contributed by atoms with Crippen molar-refractivity contribution >= 4 is 18.3 Å². The molecule has 0 spiro atoms. The summed E-state index contributed by atoms with van der Waals surface area (Å²) >= 11 is 0.